The van der Waals surface area contributed by atoms with E-state index in [1.54, 1.807) is 30.3 Å². The van der Waals surface area contributed by atoms with Crippen molar-refractivity contribution >= 4 is 27.2 Å². The third kappa shape index (κ3) is 5.76. The van der Waals surface area contributed by atoms with Gasteiger partial charge in [-0.1, -0.05) is 44.2 Å². The van der Waals surface area contributed by atoms with E-state index in [4.69, 9.17) is 0 Å². The molecular weight excluding hydrogens is 434 g/mol. The second-order valence-corrected chi connectivity index (χ2v) is 11.2. The van der Waals surface area contributed by atoms with Crippen molar-refractivity contribution in [1.82, 2.24) is 5.32 Å². The van der Waals surface area contributed by atoms with Crippen molar-refractivity contribution in [3.63, 3.8) is 0 Å². The van der Waals surface area contributed by atoms with Gasteiger partial charge < -0.3 is 10.6 Å². The average Bonchev–Trinajstić information content (AvgIpc) is 3.26. The predicted octanol–water partition coefficient (Wildman–Crippen LogP) is 5.11. The van der Waals surface area contributed by atoms with Gasteiger partial charge in [0.15, 0.2) is 5.78 Å². The predicted molar refractivity (Wildman–Crippen MR) is 133 cm³/mol. The number of nitrogens with one attached hydrogen (secondary N) is 3. The summed E-state index contributed by atoms with van der Waals surface area (Å²) in [5.41, 5.74) is 3.70. The number of benzene rings is 2. The molecule has 1 unspecified atom stereocenters. The highest BCUT2D eigenvalue weighted by Gasteiger charge is 2.22. The Morgan fingerprint density at radius 3 is 2.70 bits per heavy atom. The van der Waals surface area contributed by atoms with E-state index >= 15 is 0 Å². The maximum atomic E-state index is 13.2. The quantitative estimate of drug-likeness (QED) is 0.445. The molecule has 0 amide bonds. The molecule has 2 aliphatic rings. The van der Waals surface area contributed by atoms with Crippen molar-refractivity contribution in [2.75, 3.05) is 16.6 Å². The van der Waals surface area contributed by atoms with E-state index in [2.05, 4.69) is 22.3 Å². The number of anilines is 2. The zero-order chi connectivity index (χ0) is 23.4. The van der Waals surface area contributed by atoms with Crippen LogP contribution in [0.25, 0.3) is 0 Å². The lowest BCUT2D eigenvalue weighted by Crippen LogP contribution is -2.29. The Balaban J connectivity index is 1.53. The van der Waals surface area contributed by atoms with Crippen molar-refractivity contribution in [3.8, 4) is 0 Å². The monoisotopic (exact) mass is 469 g/mol. The maximum Gasteiger partial charge on any atom is 0.261 e. The molecule has 0 radical (unpaired) electrons. The molecule has 1 aliphatic carbocycles. The fraction of sp³-hybridized carbons (Fsp3) is 0.500. The van der Waals surface area contributed by atoms with Crippen molar-refractivity contribution in [3.05, 3.63) is 53.1 Å². The first-order valence-electron chi connectivity index (χ1n) is 12.1. The number of hydrogen-bond donors (Lipinski definition) is 3. The van der Waals surface area contributed by atoms with Crippen LogP contribution in [0.3, 0.4) is 0 Å². The molecule has 178 valence electrons. The molecule has 2 aromatic carbocycles. The highest BCUT2D eigenvalue weighted by molar-refractivity contribution is 7.92. The molecular formula is C26H35N3O3S. The molecule has 1 atom stereocenters. The number of hydrogen-bond acceptors (Lipinski definition) is 5. The van der Waals surface area contributed by atoms with Crippen LogP contribution in [0.4, 0.5) is 11.4 Å². The minimum Gasteiger partial charge on any atom is -0.384 e. The van der Waals surface area contributed by atoms with Crippen LogP contribution in [0, 0.1) is 5.92 Å². The first-order valence-corrected chi connectivity index (χ1v) is 13.6. The van der Waals surface area contributed by atoms with Crippen LogP contribution >= 0.6 is 0 Å². The van der Waals surface area contributed by atoms with E-state index in [-0.39, 0.29) is 10.7 Å². The number of carbonyl (C=O) groups excluding carboxylic acids is 1. The van der Waals surface area contributed by atoms with Crippen LogP contribution in [0.1, 0.15) is 73.9 Å². The number of ketones is 1. The van der Waals surface area contributed by atoms with E-state index < -0.39 is 10.0 Å². The summed E-state index contributed by atoms with van der Waals surface area (Å²) in [5.74, 6) is 0.674. The van der Waals surface area contributed by atoms with Gasteiger partial charge in [0.1, 0.15) is 0 Å². The highest BCUT2D eigenvalue weighted by atomic mass is 32.2. The summed E-state index contributed by atoms with van der Waals surface area (Å²) in [6.45, 7) is 4.96. The summed E-state index contributed by atoms with van der Waals surface area (Å²) in [5, 5.41) is 6.80. The van der Waals surface area contributed by atoms with Gasteiger partial charge in [-0.25, -0.2) is 8.42 Å². The first-order chi connectivity index (χ1) is 15.8. The number of fused-ring (bicyclic) bond motifs is 1. The van der Waals surface area contributed by atoms with E-state index in [1.165, 1.54) is 39.0 Å². The number of rotatable bonds is 9. The Labute approximate surface area is 197 Å². The molecule has 7 heteroatoms. The smallest absolute Gasteiger partial charge is 0.261 e. The number of Topliss-reactive ketones (excluding diaryl/α,β-unsaturated/α-hetero) is 1. The molecule has 1 heterocycles. The van der Waals surface area contributed by atoms with Gasteiger partial charge in [-0.15, -0.1) is 0 Å². The van der Waals surface area contributed by atoms with E-state index in [9.17, 15) is 13.2 Å². The van der Waals surface area contributed by atoms with Crippen LogP contribution in [-0.4, -0.2) is 26.8 Å². The summed E-state index contributed by atoms with van der Waals surface area (Å²) in [6.07, 6.45) is 8.47. The van der Waals surface area contributed by atoms with Gasteiger partial charge in [0.2, 0.25) is 0 Å². The second kappa shape index (κ2) is 10.3. The molecule has 1 saturated carbocycles. The summed E-state index contributed by atoms with van der Waals surface area (Å²) in [6, 6.07) is 10.7. The topological polar surface area (TPSA) is 87.3 Å². The van der Waals surface area contributed by atoms with Crippen LogP contribution in [0.5, 0.6) is 0 Å². The van der Waals surface area contributed by atoms with Gasteiger partial charge in [-0.05, 0) is 62.4 Å². The van der Waals surface area contributed by atoms with Gasteiger partial charge in [-0.3, -0.25) is 9.52 Å². The third-order valence-corrected chi connectivity index (χ3v) is 8.30. The maximum absolute atomic E-state index is 13.2. The van der Waals surface area contributed by atoms with E-state index in [0.29, 0.717) is 29.4 Å². The van der Waals surface area contributed by atoms with Gasteiger partial charge in [0.05, 0.1) is 10.6 Å². The lowest BCUT2D eigenvalue weighted by Gasteiger charge is -2.26. The zero-order valence-corrected chi connectivity index (χ0v) is 20.4. The molecule has 2 aromatic rings. The molecule has 0 spiro atoms. The standard InChI is InChI=1S/C26H35N3O3S/c1-18(15-20-7-4-3-5-8-20)28-17-24-23(19(2)30)9-6-10-26(24)29-33(31,32)22-11-12-25-21(16-22)13-14-27-25/h6,9-12,16,18,20,27-29H,3-5,7-8,13-15,17H2,1-2H3. The Morgan fingerprint density at radius 2 is 1.94 bits per heavy atom. The third-order valence-electron chi connectivity index (χ3n) is 6.94. The molecule has 1 aliphatic heterocycles. The van der Waals surface area contributed by atoms with E-state index in [1.807, 2.05) is 6.07 Å². The minimum absolute atomic E-state index is 0.0728. The van der Waals surface area contributed by atoms with Crippen molar-refractivity contribution in [2.45, 2.75) is 76.3 Å². The molecule has 1 fully saturated rings. The Bertz CT molecular complexity index is 1110. The van der Waals surface area contributed by atoms with Gasteiger partial charge in [0.25, 0.3) is 10.0 Å². The molecule has 4 rings (SSSR count). The van der Waals surface area contributed by atoms with Crippen LogP contribution in [0.15, 0.2) is 41.3 Å². The average molecular weight is 470 g/mol. The van der Waals surface area contributed by atoms with Crippen LogP contribution in [-0.2, 0) is 23.0 Å². The Morgan fingerprint density at radius 1 is 1.15 bits per heavy atom. The minimum atomic E-state index is -3.78. The molecule has 0 saturated heterocycles. The molecule has 3 N–H and O–H groups in total. The lowest BCUT2D eigenvalue weighted by atomic mass is 9.85. The normalized spacial score (nSPS) is 17.3. The fourth-order valence-electron chi connectivity index (χ4n) is 5.14. The fourth-order valence-corrected chi connectivity index (χ4v) is 6.28. The SMILES string of the molecule is CC(=O)c1cccc(NS(=O)(=O)c2ccc3c(c2)CCN3)c1CNC(C)CC1CCCCC1. The molecule has 0 aromatic heterocycles. The van der Waals surface area contributed by atoms with Crippen LogP contribution < -0.4 is 15.4 Å². The highest BCUT2D eigenvalue weighted by Crippen LogP contribution is 2.29. The summed E-state index contributed by atoms with van der Waals surface area (Å²) in [7, 11) is -3.78. The van der Waals surface area contributed by atoms with Crippen molar-refractivity contribution in [2.24, 2.45) is 5.92 Å². The van der Waals surface area contributed by atoms with Gasteiger partial charge in [0, 0.05) is 35.9 Å². The van der Waals surface area contributed by atoms with Crippen LogP contribution in [0.2, 0.25) is 0 Å². The van der Waals surface area contributed by atoms with Crippen molar-refractivity contribution < 1.29 is 13.2 Å². The Hall–Kier alpha value is -2.38. The van der Waals surface area contributed by atoms with Gasteiger partial charge in [-0.2, -0.15) is 0 Å². The first kappa shape index (κ1) is 23.8. The van der Waals surface area contributed by atoms with E-state index in [0.717, 1.165) is 36.6 Å². The summed E-state index contributed by atoms with van der Waals surface area (Å²) in [4.78, 5) is 12.6. The summed E-state index contributed by atoms with van der Waals surface area (Å²) < 4.78 is 29.2. The van der Waals surface area contributed by atoms with Gasteiger partial charge >= 0.3 is 0 Å². The number of carbonyl (C=O) groups is 1. The Kier molecular flexibility index (Phi) is 7.39. The molecule has 0 bridgehead atoms. The molecule has 6 nitrogen and oxygen atoms in total. The summed E-state index contributed by atoms with van der Waals surface area (Å²) >= 11 is 0. The number of sulfonamides is 1. The van der Waals surface area contributed by atoms with Crippen molar-refractivity contribution in [1.29, 1.82) is 0 Å². The lowest BCUT2D eigenvalue weighted by molar-refractivity contribution is 0.101. The largest absolute Gasteiger partial charge is 0.384 e. The second-order valence-electron chi connectivity index (χ2n) is 9.51. The zero-order valence-electron chi connectivity index (χ0n) is 19.6. The molecule has 33 heavy (non-hydrogen) atoms.